The second-order valence-corrected chi connectivity index (χ2v) is 9.23. The topological polar surface area (TPSA) is 112 Å². The summed E-state index contributed by atoms with van der Waals surface area (Å²) in [5.41, 5.74) is 0.358. The number of hydrogen-bond acceptors (Lipinski definition) is 7. The predicted molar refractivity (Wildman–Crippen MR) is 144 cm³/mol. The first-order chi connectivity index (χ1) is 19.0. The van der Waals surface area contributed by atoms with Crippen LogP contribution in [0.4, 0.5) is 0 Å². The minimum Gasteiger partial charge on any atom is -0.497 e. The number of rotatable bonds is 9. The van der Waals surface area contributed by atoms with Crippen molar-refractivity contribution in [1.29, 1.82) is 0 Å². The van der Waals surface area contributed by atoms with Gasteiger partial charge in [0.2, 0.25) is 0 Å². The van der Waals surface area contributed by atoms with E-state index in [-0.39, 0.29) is 6.61 Å². The third-order valence-corrected chi connectivity index (χ3v) is 7.03. The van der Waals surface area contributed by atoms with Crippen LogP contribution in [0.1, 0.15) is 22.9 Å². The standard InChI is InChI=1S/C30H30N2O7/c1-36-23-15-13-22(14-16-23)30(20-9-5-3-6-10-20,21-11-7-4-8-12-21)38-19-24-26(34)27(37-2)28(39-24)32-18-17-25(33)31-29(32)35/h3-18,24,26-28,34H,19H2,1-2H3,(H,31,33,35)/t24-,26-,27-,28-/m1/s1. The normalized spacial score (nSPS) is 21.1. The van der Waals surface area contributed by atoms with Gasteiger partial charge in [0.05, 0.1) is 13.7 Å². The summed E-state index contributed by atoms with van der Waals surface area (Å²) in [7, 11) is 3.04. The van der Waals surface area contributed by atoms with E-state index in [4.69, 9.17) is 18.9 Å². The fraction of sp³-hybridized carbons (Fsp3) is 0.267. The molecule has 9 nitrogen and oxygen atoms in total. The van der Waals surface area contributed by atoms with Gasteiger partial charge in [0.15, 0.2) is 6.23 Å². The van der Waals surface area contributed by atoms with Crippen molar-refractivity contribution in [3.63, 3.8) is 0 Å². The van der Waals surface area contributed by atoms with E-state index >= 15 is 0 Å². The van der Waals surface area contributed by atoms with Crippen molar-refractivity contribution in [3.8, 4) is 5.75 Å². The van der Waals surface area contributed by atoms with Gasteiger partial charge in [0.25, 0.3) is 5.56 Å². The maximum atomic E-state index is 12.5. The molecule has 0 bridgehead atoms. The molecule has 3 aromatic carbocycles. The number of methoxy groups -OCH3 is 2. The summed E-state index contributed by atoms with van der Waals surface area (Å²) in [6.07, 6.45) is -2.47. The van der Waals surface area contributed by atoms with E-state index in [1.54, 1.807) is 7.11 Å². The summed E-state index contributed by atoms with van der Waals surface area (Å²) < 4.78 is 25.1. The van der Waals surface area contributed by atoms with Crippen molar-refractivity contribution >= 4 is 0 Å². The van der Waals surface area contributed by atoms with Crippen LogP contribution in [0.5, 0.6) is 5.75 Å². The Morgan fingerprint density at radius 1 is 0.872 bits per heavy atom. The number of H-pyrrole nitrogens is 1. The second kappa shape index (κ2) is 11.4. The molecule has 39 heavy (non-hydrogen) atoms. The van der Waals surface area contributed by atoms with Crippen molar-refractivity contribution in [2.75, 3.05) is 20.8 Å². The van der Waals surface area contributed by atoms with Gasteiger partial charge in [0, 0.05) is 19.4 Å². The first-order valence-electron chi connectivity index (χ1n) is 12.5. The number of benzene rings is 3. The summed E-state index contributed by atoms with van der Waals surface area (Å²) in [6.45, 7) is -0.0363. The third kappa shape index (κ3) is 5.05. The molecule has 0 unspecified atom stereocenters. The van der Waals surface area contributed by atoms with Crippen molar-refractivity contribution < 1.29 is 24.1 Å². The third-order valence-electron chi connectivity index (χ3n) is 7.03. The van der Waals surface area contributed by atoms with Crippen LogP contribution in [0.25, 0.3) is 0 Å². The number of aromatic nitrogens is 2. The highest BCUT2D eigenvalue weighted by molar-refractivity contribution is 5.48. The van der Waals surface area contributed by atoms with E-state index in [2.05, 4.69) is 4.98 Å². The Bertz CT molecular complexity index is 1450. The largest absolute Gasteiger partial charge is 0.497 e. The number of aliphatic hydroxyl groups is 1. The van der Waals surface area contributed by atoms with Gasteiger partial charge in [-0.05, 0) is 28.8 Å². The minimum atomic E-state index is -1.11. The Hall–Kier alpha value is -4.02. The lowest BCUT2D eigenvalue weighted by Crippen LogP contribution is -2.40. The molecule has 1 aromatic heterocycles. The van der Waals surface area contributed by atoms with Crippen LogP contribution >= 0.6 is 0 Å². The molecule has 1 saturated heterocycles. The summed E-state index contributed by atoms with van der Waals surface area (Å²) in [4.78, 5) is 26.3. The van der Waals surface area contributed by atoms with Gasteiger partial charge in [-0.1, -0.05) is 72.8 Å². The van der Waals surface area contributed by atoms with Gasteiger partial charge in [0.1, 0.15) is 29.7 Å². The van der Waals surface area contributed by atoms with Crippen molar-refractivity contribution in [2.24, 2.45) is 0 Å². The summed E-state index contributed by atoms with van der Waals surface area (Å²) in [6, 6.07) is 28.5. The minimum absolute atomic E-state index is 0.0363. The van der Waals surface area contributed by atoms with Crippen LogP contribution < -0.4 is 16.0 Å². The molecule has 4 aromatic rings. The Balaban J connectivity index is 1.55. The Morgan fingerprint density at radius 3 is 2.00 bits per heavy atom. The molecule has 0 saturated carbocycles. The van der Waals surface area contributed by atoms with E-state index in [0.717, 1.165) is 16.7 Å². The van der Waals surface area contributed by atoms with Gasteiger partial charge < -0.3 is 24.1 Å². The Kier molecular flexibility index (Phi) is 7.76. The number of aliphatic hydroxyl groups excluding tert-OH is 1. The lowest BCUT2D eigenvalue weighted by molar-refractivity contribution is -0.0967. The Morgan fingerprint density at radius 2 is 1.46 bits per heavy atom. The van der Waals surface area contributed by atoms with E-state index in [0.29, 0.717) is 5.75 Å². The first kappa shape index (κ1) is 26.6. The van der Waals surface area contributed by atoms with E-state index in [1.165, 1.54) is 23.9 Å². The predicted octanol–water partition coefficient (Wildman–Crippen LogP) is 2.83. The number of aromatic amines is 1. The van der Waals surface area contributed by atoms with Gasteiger partial charge >= 0.3 is 5.69 Å². The molecule has 1 aliphatic rings. The molecular formula is C30H30N2O7. The smallest absolute Gasteiger partial charge is 0.330 e. The van der Waals surface area contributed by atoms with Crippen molar-refractivity contribution in [2.45, 2.75) is 30.1 Å². The number of hydrogen-bond donors (Lipinski definition) is 2. The molecule has 1 fully saturated rings. The molecule has 0 spiro atoms. The fourth-order valence-corrected chi connectivity index (χ4v) is 5.09. The molecule has 4 atom stereocenters. The van der Waals surface area contributed by atoms with Crippen LogP contribution in [-0.4, -0.2) is 53.8 Å². The SMILES string of the molecule is COc1ccc(C(OC[C@H]2O[C@@H](n3ccc(=O)[nH]c3=O)[C@H](OC)[C@@H]2O)(c2ccccc2)c2ccccc2)cc1. The zero-order valence-electron chi connectivity index (χ0n) is 21.6. The maximum Gasteiger partial charge on any atom is 0.330 e. The molecule has 2 heterocycles. The highest BCUT2D eigenvalue weighted by atomic mass is 16.6. The van der Waals surface area contributed by atoms with Crippen LogP contribution in [0.3, 0.4) is 0 Å². The lowest BCUT2D eigenvalue weighted by atomic mass is 9.80. The van der Waals surface area contributed by atoms with Crippen LogP contribution in [-0.2, 0) is 19.8 Å². The van der Waals surface area contributed by atoms with Crippen LogP contribution in [0, 0.1) is 0 Å². The molecule has 2 N–H and O–H groups in total. The average molecular weight is 531 g/mol. The first-order valence-corrected chi connectivity index (χ1v) is 12.5. The molecule has 9 heteroatoms. The quantitative estimate of drug-likeness (QED) is 0.320. The van der Waals surface area contributed by atoms with Crippen molar-refractivity contribution in [1.82, 2.24) is 9.55 Å². The summed E-state index contributed by atoms with van der Waals surface area (Å²) in [5, 5.41) is 11.2. The molecule has 0 amide bonds. The zero-order valence-corrected chi connectivity index (χ0v) is 21.6. The number of ether oxygens (including phenoxy) is 4. The highest BCUT2D eigenvalue weighted by Crippen LogP contribution is 2.42. The monoisotopic (exact) mass is 530 g/mol. The highest BCUT2D eigenvalue weighted by Gasteiger charge is 2.47. The molecule has 1 aliphatic heterocycles. The summed E-state index contributed by atoms with van der Waals surface area (Å²) >= 11 is 0. The summed E-state index contributed by atoms with van der Waals surface area (Å²) in [5.74, 6) is 0.709. The van der Waals surface area contributed by atoms with Gasteiger partial charge in [-0.25, -0.2) is 4.79 Å². The maximum absolute atomic E-state index is 12.5. The van der Waals surface area contributed by atoms with Gasteiger partial charge in [-0.3, -0.25) is 14.3 Å². The molecular weight excluding hydrogens is 500 g/mol. The van der Waals surface area contributed by atoms with Crippen LogP contribution in [0.15, 0.2) is 107 Å². The lowest BCUT2D eigenvalue weighted by Gasteiger charge is -2.37. The average Bonchev–Trinajstić information content (AvgIpc) is 3.29. The molecule has 202 valence electrons. The Labute approximate surface area is 225 Å². The van der Waals surface area contributed by atoms with Crippen molar-refractivity contribution in [3.05, 3.63) is 135 Å². The van der Waals surface area contributed by atoms with Gasteiger partial charge in [-0.2, -0.15) is 0 Å². The number of nitrogens with one attached hydrogen (secondary N) is 1. The molecule has 0 aliphatic carbocycles. The van der Waals surface area contributed by atoms with E-state index < -0.39 is 41.4 Å². The fourth-order valence-electron chi connectivity index (χ4n) is 5.09. The second-order valence-electron chi connectivity index (χ2n) is 9.23. The van der Waals surface area contributed by atoms with E-state index in [9.17, 15) is 14.7 Å². The molecule has 5 rings (SSSR count). The van der Waals surface area contributed by atoms with Gasteiger partial charge in [-0.15, -0.1) is 0 Å². The van der Waals surface area contributed by atoms with Crippen LogP contribution in [0.2, 0.25) is 0 Å². The molecule has 0 radical (unpaired) electrons. The van der Waals surface area contributed by atoms with E-state index in [1.807, 2.05) is 84.9 Å². The number of nitrogens with zero attached hydrogens (tertiary/aromatic N) is 1. The zero-order chi connectivity index (χ0) is 27.4.